The van der Waals surface area contributed by atoms with Crippen molar-refractivity contribution >= 4 is 40.4 Å². The lowest BCUT2D eigenvalue weighted by Gasteiger charge is -2.03. The van der Waals surface area contributed by atoms with Crippen molar-refractivity contribution in [2.45, 2.75) is 6.54 Å². The normalized spacial score (nSPS) is 10.5. The highest BCUT2D eigenvalue weighted by molar-refractivity contribution is 7.09. The predicted molar refractivity (Wildman–Crippen MR) is 95.2 cm³/mol. The largest absolute Gasteiger partial charge is 0.346 e. The monoisotopic (exact) mass is 362 g/mol. The number of carbonyl (C=O) groups is 1. The van der Waals surface area contributed by atoms with Gasteiger partial charge in [-0.3, -0.25) is 4.79 Å². The Hall–Kier alpha value is -1.88. The molecule has 1 heterocycles. The zero-order valence-electron chi connectivity index (χ0n) is 11.9. The number of thiazole rings is 1. The first-order valence-corrected chi connectivity index (χ1v) is 8.49. The number of nitrogens with zero attached hydrogens (tertiary/aromatic N) is 1. The summed E-state index contributed by atoms with van der Waals surface area (Å²) in [6.45, 7) is 0.389. The summed E-state index contributed by atoms with van der Waals surface area (Å²) in [5, 5.41) is 6.96. The molecule has 116 valence electrons. The third kappa shape index (κ3) is 4.10. The lowest BCUT2D eigenvalue weighted by Crippen LogP contribution is -2.22. The molecule has 0 saturated carbocycles. The average molecular weight is 363 g/mol. The van der Waals surface area contributed by atoms with Crippen LogP contribution in [0.1, 0.15) is 15.4 Å². The van der Waals surface area contributed by atoms with Gasteiger partial charge in [-0.05, 0) is 36.4 Å². The molecule has 0 saturated heterocycles. The third-order valence-electron chi connectivity index (χ3n) is 3.20. The summed E-state index contributed by atoms with van der Waals surface area (Å²) in [5.41, 5.74) is 2.45. The highest BCUT2D eigenvalue weighted by atomic mass is 35.5. The van der Waals surface area contributed by atoms with Gasteiger partial charge < -0.3 is 5.32 Å². The molecule has 23 heavy (non-hydrogen) atoms. The number of halogens is 2. The lowest BCUT2D eigenvalue weighted by atomic mass is 10.2. The predicted octanol–water partition coefficient (Wildman–Crippen LogP) is 5.05. The maximum atomic E-state index is 12.1. The molecule has 0 aliphatic rings. The van der Waals surface area contributed by atoms with Gasteiger partial charge in [-0.1, -0.05) is 35.3 Å². The minimum absolute atomic E-state index is 0.148. The van der Waals surface area contributed by atoms with E-state index in [4.69, 9.17) is 23.2 Å². The van der Waals surface area contributed by atoms with Crippen LogP contribution in [0.4, 0.5) is 0 Å². The first-order valence-electron chi connectivity index (χ1n) is 6.86. The molecule has 0 aliphatic carbocycles. The van der Waals surface area contributed by atoms with Gasteiger partial charge >= 0.3 is 0 Å². The fourth-order valence-electron chi connectivity index (χ4n) is 2.00. The molecule has 2 aromatic carbocycles. The van der Waals surface area contributed by atoms with Crippen molar-refractivity contribution in [1.82, 2.24) is 10.3 Å². The van der Waals surface area contributed by atoms with Gasteiger partial charge in [0.15, 0.2) is 0 Å². The summed E-state index contributed by atoms with van der Waals surface area (Å²) in [6, 6.07) is 14.3. The average Bonchev–Trinajstić information content (AvgIpc) is 3.03. The van der Waals surface area contributed by atoms with E-state index in [1.807, 2.05) is 29.6 Å². The Kier molecular flexibility index (Phi) is 4.96. The highest BCUT2D eigenvalue weighted by Crippen LogP contribution is 2.23. The number of amides is 1. The van der Waals surface area contributed by atoms with Gasteiger partial charge in [-0.15, -0.1) is 11.3 Å². The third-order valence-corrected chi connectivity index (χ3v) is 4.55. The van der Waals surface area contributed by atoms with Gasteiger partial charge in [-0.25, -0.2) is 4.98 Å². The molecule has 0 fully saturated rings. The second kappa shape index (κ2) is 7.13. The van der Waals surface area contributed by atoms with E-state index in [1.54, 1.807) is 24.3 Å². The van der Waals surface area contributed by atoms with Gasteiger partial charge in [0.25, 0.3) is 5.91 Å². The Morgan fingerprint density at radius 3 is 2.26 bits per heavy atom. The van der Waals surface area contributed by atoms with E-state index in [9.17, 15) is 4.79 Å². The summed E-state index contributed by atoms with van der Waals surface area (Å²) >= 11 is 13.2. The van der Waals surface area contributed by atoms with Gasteiger partial charge in [-0.2, -0.15) is 0 Å². The van der Waals surface area contributed by atoms with Crippen molar-refractivity contribution in [3.63, 3.8) is 0 Å². The highest BCUT2D eigenvalue weighted by Gasteiger charge is 2.08. The van der Waals surface area contributed by atoms with Crippen LogP contribution in [0.25, 0.3) is 11.3 Å². The second-order valence-corrected chi connectivity index (χ2v) is 6.64. The fraction of sp³-hybridized carbons (Fsp3) is 0.0588. The smallest absolute Gasteiger partial charge is 0.251 e. The quantitative estimate of drug-likeness (QED) is 0.705. The van der Waals surface area contributed by atoms with Gasteiger partial charge in [0.05, 0.1) is 12.2 Å². The molecule has 0 atom stereocenters. The molecule has 3 aromatic rings. The van der Waals surface area contributed by atoms with E-state index in [0.717, 1.165) is 16.3 Å². The van der Waals surface area contributed by atoms with Crippen LogP contribution in [0.2, 0.25) is 10.0 Å². The molecule has 0 spiro atoms. The summed E-state index contributed by atoms with van der Waals surface area (Å²) < 4.78 is 0. The first kappa shape index (κ1) is 16.0. The van der Waals surface area contributed by atoms with Gasteiger partial charge in [0, 0.05) is 26.6 Å². The minimum Gasteiger partial charge on any atom is -0.346 e. The zero-order valence-corrected chi connectivity index (χ0v) is 14.3. The fourth-order valence-corrected chi connectivity index (χ4v) is 3.00. The molecule has 1 aromatic heterocycles. The van der Waals surface area contributed by atoms with Crippen LogP contribution in [0, 0.1) is 0 Å². The summed E-state index contributed by atoms with van der Waals surface area (Å²) in [5.74, 6) is -0.148. The van der Waals surface area contributed by atoms with Crippen molar-refractivity contribution in [2.75, 3.05) is 0 Å². The van der Waals surface area contributed by atoms with Gasteiger partial charge in [0.2, 0.25) is 0 Å². The van der Waals surface area contributed by atoms with Crippen molar-refractivity contribution < 1.29 is 4.79 Å². The first-order chi connectivity index (χ1) is 11.1. The zero-order chi connectivity index (χ0) is 16.2. The van der Waals surface area contributed by atoms with E-state index < -0.39 is 0 Å². The summed E-state index contributed by atoms with van der Waals surface area (Å²) in [4.78, 5) is 16.6. The Balaban J connectivity index is 1.64. The minimum atomic E-state index is -0.148. The molecule has 0 bridgehead atoms. The summed E-state index contributed by atoms with van der Waals surface area (Å²) in [6.07, 6.45) is 0. The number of benzene rings is 2. The van der Waals surface area contributed by atoms with Crippen molar-refractivity contribution in [2.24, 2.45) is 0 Å². The number of carbonyl (C=O) groups excluding carboxylic acids is 1. The molecule has 1 amide bonds. The molecule has 0 aliphatic heterocycles. The van der Waals surface area contributed by atoms with Crippen LogP contribution in [-0.4, -0.2) is 10.9 Å². The molecule has 1 N–H and O–H groups in total. The van der Waals surface area contributed by atoms with Gasteiger partial charge in [0.1, 0.15) is 5.01 Å². The van der Waals surface area contributed by atoms with E-state index >= 15 is 0 Å². The number of nitrogens with one attached hydrogen (secondary N) is 1. The van der Waals surface area contributed by atoms with Crippen molar-refractivity contribution in [3.05, 3.63) is 74.5 Å². The molecule has 0 radical (unpaired) electrons. The Bertz CT molecular complexity index is 813. The molecule has 3 nitrogen and oxygen atoms in total. The molecule has 0 unspecified atom stereocenters. The SMILES string of the molecule is O=C(NCc1nc(-c2ccc(Cl)cc2)cs1)c1ccc(Cl)cc1. The van der Waals surface area contributed by atoms with E-state index in [2.05, 4.69) is 10.3 Å². The maximum Gasteiger partial charge on any atom is 0.251 e. The molecule has 3 rings (SSSR count). The number of aromatic nitrogens is 1. The van der Waals surface area contributed by atoms with E-state index in [1.165, 1.54) is 11.3 Å². The van der Waals surface area contributed by atoms with Crippen LogP contribution >= 0.6 is 34.5 Å². The summed E-state index contributed by atoms with van der Waals surface area (Å²) in [7, 11) is 0. The Labute approximate surface area is 147 Å². The van der Waals surface area contributed by atoms with Crippen LogP contribution < -0.4 is 5.32 Å². The topological polar surface area (TPSA) is 42.0 Å². The number of hydrogen-bond donors (Lipinski definition) is 1. The second-order valence-electron chi connectivity index (χ2n) is 4.82. The lowest BCUT2D eigenvalue weighted by molar-refractivity contribution is 0.0951. The van der Waals surface area contributed by atoms with Crippen molar-refractivity contribution in [1.29, 1.82) is 0 Å². The van der Waals surface area contributed by atoms with E-state index in [0.29, 0.717) is 22.2 Å². The molecular formula is C17H12Cl2N2OS. The molecular weight excluding hydrogens is 351 g/mol. The van der Waals surface area contributed by atoms with Crippen LogP contribution in [-0.2, 0) is 6.54 Å². The maximum absolute atomic E-state index is 12.1. The van der Waals surface area contributed by atoms with Crippen LogP contribution in [0.3, 0.4) is 0 Å². The Morgan fingerprint density at radius 2 is 1.61 bits per heavy atom. The number of rotatable bonds is 4. The van der Waals surface area contributed by atoms with Crippen LogP contribution in [0.5, 0.6) is 0 Å². The number of hydrogen-bond acceptors (Lipinski definition) is 3. The van der Waals surface area contributed by atoms with E-state index in [-0.39, 0.29) is 5.91 Å². The Morgan fingerprint density at radius 1 is 1.00 bits per heavy atom. The standard InChI is InChI=1S/C17H12Cl2N2OS/c18-13-5-1-11(2-6-13)15-10-23-16(21-15)9-20-17(22)12-3-7-14(19)8-4-12/h1-8,10H,9H2,(H,20,22). The molecule has 6 heteroatoms. The van der Waals surface area contributed by atoms with Crippen LogP contribution in [0.15, 0.2) is 53.9 Å². The van der Waals surface area contributed by atoms with Crippen molar-refractivity contribution in [3.8, 4) is 11.3 Å².